The minimum atomic E-state index is -0.872. The largest absolute Gasteiger partial charge is 0.490 e. The van der Waals surface area contributed by atoms with Gasteiger partial charge in [0.1, 0.15) is 29.5 Å². The highest BCUT2D eigenvalue weighted by Gasteiger charge is 2.27. The zero-order valence-corrected chi connectivity index (χ0v) is 35.4. The number of carboxylic acids is 1. The Kier molecular flexibility index (Phi) is 15.4. The Morgan fingerprint density at radius 2 is 1.00 bits per heavy atom. The average Bonchev–Trinajstić information content (AvgIpc) is 3.85. The topological polar surface area (TPSA) is 191 Å². The number of anilines is 2. The van der Waals surface area contributed by atoms with Crippen molar-refractivity contribution in [2.75, 3.05) is 36.8 Å². The molecule has 2 aliphatic heterocycles. The van der Waals surface area contributed by atoms with Gasteiger partial charge < -0.3 is 44.6 Å². The van der Waals surface area contributed by atoms with Crippen LogP contribution >= 0.6 is 0 Å². The second-order valence-corrected chi connectivity index (χ2v) is 15.1. The van der Waals surface area contributed by atoms with E-state index in [0.29, 0.717) is 97.2 Å². The fourth-order valence-electron chi connectivity index (χ4n) is 6.95. The van der Waals surface area contributed by atoms with Crippen LogP contribution in [0.3, 0.4) is 0 Å². The smallest absolute Gasteiger partial charge is 0.415 e. The molecule has 3 N–H and O–H groups in total. The third kappa shape index (κ3) is 13.7. The molecular weight excluding hydrogens is 833 g/mol. The predicted molar refractivity (Wildman–Crippen MR) is 240 cm³/mol. The molecule has 65 heavy (non-hydrogen) atoms. The van der Waals surface area contributed by atoms with E-state index in [2.05, 4.69) is 15.7 Å². The van der Waals surface area contributed by atoms with Gasteiger partial charge in [-0.3, -0.25) is 14.4 Å². The van der Waals surface area contributed by atoms with Crippen LogP contribution in [0, 0.1) is 0 Å². The molecule has 8 rings (SSSR count). The first-order chi connectivity index (χ1) is 31.6. The van der Waals surface area contributed by atoms with Crippen molar-refractivity contribution >= 4 is 41.3 Å². The molecule has 4 amide bonds. The van der Waals surface area contributed by atoms with Gasteiger partial charge in [-0.25, -0.2) is 9.59 Å². The predicted octanol–water partition coefficient (Wildman–Crippen LogP) is 7.84. The summed E-state index contributed by atoms with van der Waals surface area (Å²) in [6.07, 6.45) is 5.28. The van der Waals surface area contributed by atoms with Crippen LogP contribution in [-0.4, -0.2) is 93.2 Å². The number of nitrogens with one attached hydrogen (secondary N) is 2. The maximum atomic E-state index is 12.6. The monoisotopic (exact) mass is 880 g/mol. The summed E-state index contributed by atoms with van der Waals surface area (Å²) in [4.78, 5) is 70.6. The Morgan fingerprint density at radius 3 is 1.43 bits per heavy atom. The highest BCUT2D eigenvalue weighted by Crippen LogP contribution is 2.23. The van der Waals surface area contributed by atoms with E-state index in [4.69, 9.17) is 24.2 Å². The summed E-state index contributed by atoms with van der Waals surface area (Å²) in [5, 5.41) is 18.5. The van der Waals surface area contributed by atoms with Crippen LogP contribution in [0.4, 0.5) is 21.0 Å². The zero-order valence-electron chi connectivity index (χ0n) is 35.4. The van der Waals surface area contributed by atoms with Crippen molar-refractivity contribution < 1.29 is 48.1 Å². The summed E-state index contributed by atoms with van der Waals surface area (Å²) in [6.45, 7) is 2.11. The fourth-order valence-corrected chi connectivity index (χ4v) is 6.95. The van der Waals surface area contributed by atoms with E-state index in [1.54, 1.807) is 137 Å². The molecular formula is C49H48N6O10. The van der Waals surface area contributed by atoms with E-state index in [-0.39, 0.29) is 30.4 Å². The van der Waals surface area contributed by atoms with Crippen molar-refractivity contribution in [2.45, 2.75) is 44.3 Å². The van der Waals surface area contributed by atoms with Crippen LogP contribution in [0.1, 0.15) is 52.0 Å². The van der Waals surface area contributed by atoms with Gasteiger partial charge in [0.2, 0.25) is 0 Å². The van der Waals surface area contributed by atoms with Gasteiger partial charge in [-0.2, -0.15) is 0 Å². The molecule has 0 radical (unpaired) electrons. The Bertz CT molecular complexity index is 2470. The lowest BCUT2D eigenvalue weighted by Gasteiger charge is -2.31. The molecule has 1 aromatic heterocycles. The third-order valence-electron chi connectivity index (χ3n) is 10.4. The molecule has 2 saturated heterocycles. The molecule has 0 saturated carbocycles. The van der Waals surface area contributed by atoms with E-state index in [1.165, 1.54) is 4.85 Å². The van der Waals surface area contributed by atoms with Crippen LogP contribution in [0.5, 0.6) is 17.2 Å². The molecule has 16 nitrogen and oxygen atoms in total. The number of aliphatic carboxylic acids is 1. The molecule has 2 aliphatic rings. The highest BCUT2D eigenvalue weighted by molar-refractivity contribution is 6.04. The Morgan fingerprint density at radius 1 is 0.554 bits per heavy atom. The number of carboxylic acid groups (broad SMARTS) is 1. The number of carbonyl (C=O) groups is 5. The summed E-state index contributed by atoms with van der Waals surface area (Å²) in [5.41, 5.74) is 3.08. The average molecular weight is 881 g/mol. The van der Waals surface area contributed by atoms with Gasteiger partial charge in [-0.15, -0.1) is 9.94 Å². The molecule has 0 aliphatic carbocycles. The summed E-state index contributed by atoms with van der Waals surface area (Å²) in [5.74, 6) is 0.223. The van der Waals surface area contributed by atoms with Crippen molar-refractivity contribution in [1.29, 1.82) is 0 Å². The van der Waals surface area contributed by atoms with E-state index in [1.807, 2.05) is 24.3 Å². The minimum absolute atomic E-state index is 0.0152. The number of amides is 4. The van der Waals surface area contributed by atoms with Crippen LogP contribution in [0.25, 0.3) is 0 Å². The number of hydrogen-bond acceptors (Lipinski definition) is 10. The lowest BCUT2D eigenvalue weighted by molar-refractivity contribution is -0.136. The zero-order chi connectivity index (χ0) is 45.4. The summed E-state index contributed by atoms with van der Waals surface area (Å²) in [6, 6.07) is 40.1. The van der Waals surface area contributed by atoms with Crippen LogP contribution in [0.15, 0.2) is 152 Å². The Labute approximate surface area is 375 Å². The highest BCUT2D eigenvalue weighted by atomic mass is 16.7. The normalized spacial score (nSPS) is 13.9. The van der Waals surface area contributed by atoms with E-state index >= 15 is 0 Å². The van der Waals surface area contributed by atoms with Crippen molar-refractivity contribution in [1.82, 2.24) is 19.7 Å². The van der Waals surface area contributed by atoms with Gasteiger partial charge in [0, 0.05) is 74.4 Å². The number of carbonyl (C=O) groups excluding carboxylic acids is 4. The molecule has 3 heterocycles. The van der Waals surface area contributed by atoms with Gasteiger partial charge in [-0.05, 0) is 96.6 Å². The van der Waals surface area contributed by atoms with Crippen molar-refractivity contribution in [3.63, 3.8) is 0 Å². The first kappa shape index (κ1) is 44.9. The molecule has 0 bridgehead atoms. The molecule has 6 aromatic rings. The SMILES string of the molecule is O=C(Nc1ccc(OC(=O)N2CCC(On3cccn3)CC2)cc1)c1ccccc1.O=C(O)Cc1ccc(OC2CCN(C(=O)Oc3ccc(NC(=O)c4ccccc4)cc3)CC2)cc1. The molecule has 0 spiro atoms. The molecule has 334 valence electrons. The van der Waals surface area contributed by atoms with E-state index in [9.17, 15) is 24.0 Å². The molecule has 5 aromatic carbocycles. The van der Waals surface area contributed by atoms with Gasteiger partial charge in [0.05, 0.1) is 18.8 Å². The number of piperidine rings is 2. The fraction of sp³-hybridized carbons (Fsp3) is 0.224. The maximum Gasteiger partial charge on any atom is 0.415 e. The first-order valence-corrected chi connectivity index (χ1v) is 21.1. The van der Waals surface area contributed by atoms with Crippen molar-refractivity contribution in [2.24, 2.45) is 0 Å². The number of likely N-dealkylation sites (tertiary alicyclic amines) is 2. The molecule has 16 heteroatoms. The number of hydrogen-bond donors (Lipinski definition) is 3. The molecule has 0 atom stereocenters. The van der Waals surface area contributed by atoms with E-state index in [0.717, 1.165) is 0 Å². The van der Waals surface area contributed by atoms with Crippen LogP contribution < -0.4 is 29.7 Å². The lowest BCUT2D eigenvalue weighted by atomic mass is 10.1. The molecule has 2 fully saturated rings. The third-order valence-corrected chi connectivity index (χ3v) is 10.4. The number of aromatic nitrogens is 2. The lowest BCUT2D eigenvalue weighted by Crippen LogP contribution is -2.44. The second kappa shape index (κ2) is 22.3. The molecule has 0 unspecified atom stereocenters. The van der Waals surface area contributed by atoms with E-state index < -0.39 is 18.2 Å². The number of ether oxygens (including phenoxy) is 3. The van der Waals surface area contributed by atoms with Gasteiger partial charge in [0.15, 0.2) is 0 Å². The summed E-state index contributed by atoms with van der Waals surface area (Å²) < 4.78 is 16.9. The quantitative estimate of drug-likeness (QED) is 0.109. The summed E-state index contributed by atoms with van der Waals surface area (Å²) in [7, 11) is 0. The summed E-state index contributed by atoms with van der Waals surface area (Å²) >= 11 is 0. The Balaban J connectivity index is 0.000000196. The van der Waals surface area contributed by atoms with Gasteiger partial charge in [-0.1, -0.05) is 48.5 Å². The number of nitrogens with zero attached hydrogens (tertiary/aromatic N) is 4. The second-order valence-electron chi connectivity index (χ2n) is 15.1. The standard InChI is InChI=1S/C27H26N2O6.C22H22N4O4/c30-25(31)18-19-6-10-22(11-7-19)34-24-14-16-29(17-15-24)27(33)35-23-12-8-21(9-13-23)28-26(32)20-4-2-1-3-5-20;27-21(17-5-2-1-3-6-17)24-18-7-9-19(10-8-18)29-22(28)25-15-11-20(12-16-25)30-26-14-4-13-23-26/h1-13,24H,14-18H2,(H,28,32)(H,30,31);1-10,13-14,20H,11-12,15-16H2,(H,24,27). The minimum Gasteiger partial charge on any atom is -0.490 e. The maximum absolute atomic E-state index is 12.6. The number of rotatable bonds is 12. The first-order valence-electron chi connectivity index (χ1n) is 21.1. The van der Waals surface area contributed by atoms with Crippen molar-refractivity contribution in [3.05, 3.63) is 169 Å². The number of benzene rings is 5. The van der Waals surface area contributed by atoms with Gasteiger partial charge in [0.25, 0.3) is 11.8 Å². The van der Waals surface area contributed by atoms with Crippen LogP contribution in [-0.2, 0) is 11.2 Å². The van der Waals surface area contributed by atoms with Crippen LogP contribution in [0.2, 0.25) is 0 Å². The Hall–Kier alpha value is -8.14. The van der Waals surface area contributed by atoms with Gasteiger partial charge >= 0.3 is 18.2 Å². The van der Waals surface area contributed by atoms with Crippen molar-refractivity contribution in [3.8, 4) is 17.2 Å².